The Morgan fingerprint density at radius 2 is 2.05 bits per heavy atom. The minimum absolute atomic E-state index is 0.0420. The smallest absolute Gasteiger partial charge is 0.217 e. The first-order valence-corrected chi connectivity index (χ1v) is 7.07. The van der Waals surface area contributed by atoms with Crippen LogP contribution in [0.3, 0.4) is 0 Å². The topological polar surface area (TPSA) is 51.0 Å². The third-order valence-corrected chi connectivity index (χ3v) is 3.35. The summed E-state index contributed by atoms with van der Waals surface area (Å²) in [5, 5.41) is 8.76. The Morgan fingerprint density at radius 1 is 1.23 bits per heavy atom. The first-order chi connectivity index (χ1) is 10.8. The van der Waals surface area contributed by atoms with Gasteiger partial charge in [0, 0.05) is 5.56 Å². The highest BCUT2D eigenvalue weighted by atomic mass is 19.1. The van der Waals surface area contributed by atoms with Gasteiger partial charge in [0.2, 0.25) is 5.90 Å². The van der Waals surface area contributed by atoms with Crippen LogP contribution in [0.1, 0.15) is 17.2 Å². The molecular formula is C17H16FNO3. The minimum atomic E-state index is -0.476. The molecule has 0 unspecified atom stereocenters. The molecule has 0 fully saturated rings. The second-order valence-electron chi connectivity index (χ2n) is 4.88. The number of hydrogen-bond donors (Lipinski definition) is 1. The number of benzene rings is 2. The highest BCUT2D eigenvalue weighted by molar-refractivity contribution is 5.95. The molecule has 1 aliphatic rings. The maximum Gasteiger partial charge on any atom is 0.217 e. The van der Waals surface area contributed by atoms with Crippen LogP contribution in [0.5, 0.6) is 5.75 Å². The SMILES string of the molecule is OCCOc1cc(C2=NC[C@@H](c3ccccc3)O2)ccc1F. The van der Waals surface area contributed by atoms with Gasteiger partial charge in [0.05, 0.1) is 13.2 Å². The van der Waals surface area contributed by atoms with E-state index in [1.165, 1.54) is 12.1 Å². The first-order valence-electron chi connectivity index (χ1n) is 7.07. The van der Waals surface area contributed by atoms with Gasteiger partial charge in [0.15, 0.2) is 11.6 Å². The van der Waals surface area contributed by atoms with Crippen LogP contribution in [-0.4, -0.2) is 30.8 Å². The van der Waals surface area contributed by atoms with Crippen molar-refractivity contribution in [3.05, 3.63) is 65.5 Å². The Morgan fingerprint density at radius 3 is 2.82 bits per heavy atom. The van der Waals surface area contributed by atoms with Gasteiger partial charge in [-0.1, -0.05) is 30.3 Å². The molecular weight excluding hydrogens is 285 g/mol. The lowest BCUT2D eigenvalue weighted by atomic mass is 10.1. The lowest BCUT2D eigenvalue weighted by Crippen LogP contribution is -2.08. The molecule has 0 amide bonds. The van der Waals surface area contributed by atoms with Crippen LogP contribution in [0.4, 0.5) is 4.39 Å². The van der Waals surface area contributed by atoms with E-state index in [1.54, 1.807) is 6.07 Å². The molecule has 2 aromatic carbocycles. The number of halogens is 1. The van der Waals surface area contributed by atoms with Gasteiger partial charge in [0.25, 0.3) is 0 Å². The fourth-order valence-electron chi connectivity index (χ4n) is 2.28. The van der Waals surface area contributed by atoms with E-state index in [1.807, 2.05) is 30.3 Å². The molecule has 1 N–H and O–H groups in total. The van der Waals surface area contributed by atoms with Crippen molar-refractivity contribution in [2.75, 3.05) is 19.8 Å². The Balaban J connectivity index is 1.75. The molecule has 3 rings (SSSR count). The number of ether oxygens (including phenoxy) is 2. The number of aliphatic hydroxyl groups is 1. The molecule has 0 radical (unpaired) electrons. The van der Waals surface area contributed by atoms with Crippen molar-refractivity contribution < 1.29 is 19.0 Å². The van der Waals surface area contributed by atoms with Crippen LogP contribution in [-0.2, 0) is 4.74 Å². The summed E-state index contributed by atoms with van der Waals surface area (Å²) in [5.74, 6) is 0.0825. The van der Waals surface area contributed by atoms with Crippen molar-refractivity contribution in [3.63, 3.8) is 0 Å². The second-order valence-corrected chi connectivity index (χ2v) is 4.88. The van der Waals surface area contributed by atoms with Crippen LogP contribution in [0.2, 0.25) is 0 Å². The molecule has 0 aromatic heterocycles. The third-order valence-electron chi connectivity index (χ3n) is 3.35. The number of nitrogens with zero attached hydrogens (tertiary/aromatic N) is 1. The summed E-state index contributed by atoms with van der Waals surface area (Å²) in [4.78, 5) is 4.38. The number of hydrogen-bond acceptors (Lipinski definition) is 4. The maximum absolute atomic E-state index is 13.6. The molecule has 1 heterocycles. The van der Waals surface area contributed by atoms with Crippen molar-refractivity contribution in [1.29, 1.82) is 0 Å². The first kappa shape index (κ1) is 14.5. The van der Waals surface area contributed by atoms with Gasteiger partial charge in [-0.05, 0) is 23.8 Å². The van der Waals surface area contributed by atoms with E-state index in [9.17, 15) is 4.39 Å². The summed E-state index contributed by atoms with van der Waals surface area (Å²) in [5.41, 5.74) is 1.72. The normalized spacial score (nSPS) is 17.0. The molecule has 4 nitrogen and oxygen atoms in total. The monoisotopic (exact) mass is 301 g/mol. The Hall–Kier alpha value is -2.40. The largest absolute Gasteiger partial charge is 0.488 e. The van der Waals surface area contributed by atoms with E-state index in [0.29, 0.717) is 18.0 Å². The average molecular weight is 301 g/mol. The van der Waals surface area contributed by atoms with Crippen molar-refractivity contribution in [2.45, 2.75) is 6.10 Å². The lowest BCUT2D eigenvalue weighted by Gasteiger charge is -2.12. The highest BCUT2D eigenvalue weighted by Gasteiger charge is 2.23. The molecule has 0 bridgehead atoms. The van der Waals surface area contributed by atoms with Gasteiger partial charge in [-0.2, -0.15) is 0 Å². The van der Waals surface area contributed by atoms with Gasteiger partial charge < -0.3 is 14.6 Å². The summed E-state index contributed by atoms with van der Waals surface area (Å²) in [6, 6.07) is 14.3. The Bertz CT molecular complexity index is 673. The summed E-state index contributed by atoms with van der Waals surface area (Å²) in [7, 11) is 0. The molecule has 1 aliphatic heterocycles. The van der Waals surface area contributed by atoms with E-state index in [-0.39, 0.29) is 25.1 Å². The highest BCUT2D eigenvalue weighted by Crippen LogP contribution is 2.27. The molecule has 0 saturated carbocycles. The van der Waals surface area contributed by atoms with Crippen LogP contribution < -0.4 is 4.74 Å². The van der Waals surface area contributed by atoms with Crippen LogP contribution in [0.25, 0.3) is 0 Å². The minimum Gasteiger partial charge on any atom is -0.488 e. The van der Waals surface area contributed by atoms with Gasteiger partial charge in [-0.25, -0.2) is 9.38 Å². The molecule has 114 valence electrons. The van der Waals surface area contributed by atoms with E-state index in [4.69, 9.17) is 14.6 Å². The fourth-order valence-corrected chi connectivity index (χ4v) is 2.28. The average Bonchev–Trinajstić information content (AvgIpc) is 3.05. The van der Waals surface area contributed by atoms with Crippen molar-refractivity contribution >= 4 is 5.90 Å². The molecule has 22 heavy (non-hydrogen) atoms. The Kier molecular flexibility index (Phi) is 4.34. The van der Waals surface area contributed by atoms with E-state index >= 15 is 0 Å². The fraction of sp³-hybridized carbons (Fsp3) is 0.235. The quantitative estimate of drug-likeness (QED) is 0.924. The van der Waals surface area contributed by atoms with Crippen LogP contribution >= 0.6 is 0 Å². The summed E-state index contributed by atoms with van der Waals surface area (Å²) in [6.07, 6.45) is -0.122. The zero-order valence-corrected chi connectivity index (χ0v) is 11.9. The van der Waals surface area contributed by atoms with Crippen molar-refractivity contribution in [3.8, 4) is 5.75 Å². The number of rotatable bonds is 5. The molecule has 5 heteroatoms. The summed E-state index contributed by atoms with van der Waals surface area (Å²) in [6.45, 7) is 0.404. The molecule has 0 saturated heterocycles. The lowest BCUT2D eigenvalue weighted by molar-refractivity contribution is 0.196. The van der Waals surface area contributed by atoms with Crippen molar-refractivity contribution in [1.82, 2.24) is 0 Å². The standard InChI is InChI=1S/C17H16FNO3/c18-14-7-6-13(10-15(14)21-9-8-20)17-19-11-16(22-17)12-4-2-1-3-5-12/h1-7,10,16,20H,8-9,11H2/t16-/m0/s1. The molecule has 0 aliphatic carbocycles. The van der Waals surface area contributed by atoms with E-state index < -0.39 is 5.82 Å². The summed E-state index contributed by atoms with van der Waals surface area (Å²) >= 11 is 0. The predicted molar refractivity (Wildman–Crippen MR) is 80.7 cm³/mol. The van der Waals surface area contributed by atoms with E-state index in [0.717, 1.165) is 5.56 Å². The second kappa shape index (κ2) is 6.58. The van der Waals surface area contributed by atoms with Crippen LogP contribution in [0, 0.1) is 5.82 Å². The van der Waals surface area contributed by atoms with Gasteiger partial charge in [-0.15, -0.1) is 0 Å². The van der Waals surface area contributed by atoms with Gasteiger partial charge in [-0.3, -0.25) is 0 Å². The van der Waals surface area contributed by atoms with Crippen LogP contribution in [0.15, 0.2) is 53.5 Å². The Labute approximate surface area is 127 Å². The van der Waals surface area contributed by atoms with Gasteiger partial charge >= 0.3 is 0 Å². The molecule has 2 aromatic rings. The third kappa shape index (κ3) is 3.09. The number of aliphatic hydroxyl groups excluding tert-OH is 1. The van der Waals surface area contributed by atoms with E-state index in [2.05, 4.69) is 4.99 Å². The molecule has 0 spiro atoms. The van der Waals surface area contributed by atoms with Gasteiger partial charge in [0.1, 0.15) is 12.7 Å². The summed E-state index contributed by atoms with van der Waals surface area (Å²) < 4.78 is 24.7. The predicted octanol–water partition coefficient (Wildman–Crippen LogP) is 2.71. The zero-order valence-electron chi connectivity index (χ0n) is 11.9. The maximum atomic E-state index is 13.6. The molecule has 1 atom stereocenters. The zero-order chi connectivity index (χ0) is 15.4. The van der Waals surface area contributed by atoms with Crippen molar-refractivity contribution in [2.24, 2.45) is 4.99 Å². The number of aliphatic imine (C=N–C) groups is 1.